The Morgan fingerprint density at radius 1 is 1.17 bits per heavy atom. The van der Waals surface area contributed by atoms with Crippen molar-refractivity contribution in [2.45, 2.75) is 19.4 Å². The maximum Gasteiger partial charge on any atom is 0.257 e. The molecule has 0 unspecified atom stereocenters. The van der Waals surface area contributed by atoms with Crippen molar-refractivity contribution in [1.29, 1.82) is 0 Å². The van der Waals surface area contributed by atoms with Crippen LogP contribution in [0.2, 0.25) is 0 Å². The molecular weight excluding hydrogens is 236 g/mol. The first-order valence-corrected chi connectivity index (χ1v) is 5.83. The number of ether oxygens (including phenoxy) is 1. The number of hydrogen-bond acceptors (Lipinski definition) is 2. The topological polar surface area (TPSA) is 35.2 Å². The lowest BCUT2D eigenvalue weighted by Gasteiger charge is -2.18. The maximum absolute atomic E-state index is 12.9. The van der Waals surface area contributed by atoms with Gasteiger partial charge in [0.2, 0.25) is 0 Å². The van der Waals surface area contributed by atoms with E-state index in [-0.39, 0.29) is 0 Å². The smallest absolute Gasteiger partial charge is 0.257 e. The van der Waals surface area contributed by atoms with Crippen molar-refractivity contribution in [2.75, 3.05) is 6.61 Å². The molecule has 2 aromatic rings. The molecule has 2 rings (SSSR count). The lowest BCUT2D eigenvalue weighted by atomic mass is 9.98. The van der Waals surface area contributed by atoms with Gasteiger partial charge in [-0.25, -0.2) is 8.78 Å². The first kappa shape index (κ1) is 12.8. The van der Waals surface area contributed by atoms with E-state index < -0.39 is 12.5 Å². The predicted molar refractivity (Wildman–Crippen MR) is 68.0 cm³/mol. The molecule has 0 heterocycles. The molecule has 0 aliphatic carbocycles. The standard InChI is InChI=1S/C14H15F2NO/c1-2-18-11-8-7-9-5-3-4-6-10(9)12(11)13(17)14(15)16/h3-8,13-14H,2,17H2,1H3/t13-/m1/s1. The third-order valence-electron chi connectivity index (χ3n) is 2.84. The van der Waals surface area contributed by atoms with Gasteiger partial charge in [-0.2, -0.15) is 0 Å². The quantitative estimate of drug-likeness (QED) is 0.902. The van der Waals surface area contributed by atoms with Crippen LogP contribution in [0.5, 0.6) is 5.75 Å². The Balaban J connectivity index is 2.66. The summed E-state index contributed by atoms with van der Waals surface area (Å²) in [6, 6.07) is 9.53. The van der Waals surface area contributed by atoms with Gasteiger partial charge in [-0.1, -0.05) is 30.3 Å². The fraction of sp³-hybridized carbons (Fsp3) is 0.286. The van der Waals surface area contributed by atoms with Crippen LogP contribution in [0.1, 0.15) is 18.5 Å². The third kappa shape index (κ3) is 2.29. The highest BCUT2D eigenvalue weighted by molar-refractivity contribution is 5.88. The Kier molecular flexibility index (Phi) is 3.77. The monoisotopic (exact) mass is 251 g/mol. The van der Waals surface area contributed by atoms with Crippen molar-refractivity contribution in [3.8, 4) is 5.75 Å². The summed E-state index contributed by atoms with van der Waals surface area (Å²) in [5, 5.41) is 1.60. The molecule has 18 heavy (non-hydrogen) atoms. The van der Waals surface area contributed by atoms with E-state index in [2.05, 4.69) is 0 Å². The molecule has 2 aromatic carbocycles. The van der Waals surface area contributed by atoms with Crippen molar-refractivity contribution in [3.05, 3.63) is 42.0 Å². The van der Waals surface area contributed by atoms with E-state index in [1.165, 1.54) is 0 Å². The van der Waals surface area contributed by atoms with Crippen molar-refractivity contribution in [2.24, 2.45) is 5.73 Å². The second-order valence-corrected chi connectivity index (χ2v) is 3.99. The van der Waals surface area contributed by atoms with Crippen molar-refractivity contribution in [3.63, 3.8) is 0 Å². The molecule has 0 bridgehead atoms. The third-order valence-corrected chi connectivity index (χ3v) is 2.84. The largest absolute Gasteiger partial charge is 0.494 e. The van der Waals surface area contributed by atoms with Gasteiger partial charge in [0.05, 0.1) is 12.6 Å². The zero-order chi connectivity index (χ0) is 13.1. The fourth-order valence-electron chi connectivity index (χ4n) is 2.03. The molecule has 1 atom stereocenters. The van der Waals surface area contributed by atoms with E-state index in [1.807, 2.05) is 25.1 Å². The zero-order valence-corrected chi connectivity index (χ0v) is 10.1. The molecule has 0 saturated heterocycles. The minimum atomic E-state index is -2.62. The van der Waals surface area contributed by atoms with E-state index in [1.54, 1.807) is 18.2 Å². The molecule has 0 aliphatic rings. The van der Waals surface area contributed by atoms with E-state index in [0.717, 1.165) is 10.8 Å². The van der Waals surface area contributed by atoms with Crippen LogP contribution >= 0.6 is 0 Å². The van der Waals surface area contributed by atoms with Crippen LogP contribution in [-0.4, -0.2) is 13.0 Å². The Morgan fingerprint density at radius 2 is 1.89 bits per heavy atom. The van der Waals surface area contributed by atoms with Crippen LogP contribution in [0.4, 0.5) is 8.78 Å². The highest BCUT2D eigenvalue weighted by Gasteiger charge is 2.23. The highest BCUT2D eigenvalue weighted by Crippen LogP contribution is 2.34. The normalized spacial score (nSPS) is 12.9. The molecule has 0 amide bonds. The van der Waals surface area contributed by atoms with Gasteiger partial charge in [0.1, 0.15) is 5.75 Å². The van der Waals surface area contributed by atoms with Crippen LogP contribution in [0.25, 0.3) is 10.8 Å². The Hall–Kier alpha value is -1.68. The average molecular weight is 251 g/mol. The fourth-order valence-corrected chi connectivity index (χ4v) is 2.03. The van der Waals surface area contributed by atoms with Crippen molar-refractivity contribution >= 4 is 10.8 Å². The summed E-state index contributed by atoms with van der Waals surface area (Å²) in [5.41, 5.74) is 5.98. The van der Waals surface area contributed by atoms with Gasteiger partial charge in [-0.05, 0) is 23.8 Å². The van der Waals surface area contributed by atoms with Gasteiger partial charge < -0.3 is 10.5 Å². The minimum Gasteiger partial charge on any atom is -0.494 e. The van der Waals surface area contributed by atoms with Crippen LogP contribution in [0.15, 0.2) is 36.4 Å². The molecule has 0 spiro atoms. The lowest BCUT2D eigenvalue weighted by molar-refractivity contribution is 0.115. The first-order chi connectivity index (χ1) is 8.65. The molecule has 2 nitrogen and oxygen atoms in total. The highest BCUT2D eigenvalue weighted by atomic mass is 19.3. The van der Waals surface area contributed by atoms with E-state index in [0.29, 0.717) is 17.9 Å². The summed E-state index contributed by atoms with van der Waals surface area (Å²) < 4.78 is 31.2. The van der Waals surface area contributed by atoms with Gasteiger partial charge in [-0.3, -0.25) is 0 Å². The van der Waals surface area contributed by atoms with Crippen molar-refractivity contribution in [1.82, 2.24) is 0 Å². The summed E-state index contributed by atoms with van der Waals surface area (Å²) in [7, 11) is 0. The molecular formula is C14H15F2NO. The molecule has 0 aromatic heterocycles. The Bertz CT molecular complexity index is 542. The lowest BCUT2D eigenvalue weighted by Crippen LogP contribution is -2.20. The van der Waals surface area contributed by atoms with E-state index in [9.17, 15) is 8.78 Å². The molecule has 0 fully saturated rings. The number of fused-ring (bicyclic) bond motifs is 1. The Labute approximate surface area is 104 Å². The van der Waals surface area contributed by atoms with Gasteiger partial charge in [0.25, 0.3) is 6.43 Å². The van der Waals surface area contributed by atoms with Gasteiger partial charge in [0, 0.05) is 5.56 Å². The molecule has 0 saturated carbocycles. The molecule has 0 radical (unpaired) electrons. The molecule has 96 valence electrons. The van der Waals surface area contributed by atoms with Gasteiger partial charge >= 0.3 is 0 Å². The van der Waals surface area contributed by atoms with Crippen molar-refractivity contribution < 1.29 is 13.5 Å². The second-order valence-electron chi connectivity index (χ2n) is 3.99. The number of alkyl halides is 2. The summed E-state index contributed by atoms with van der Waals surface area (Å²) in [6.07, 6.45) is -2.62. The molecule has 4 heteroatoms. The van der Waals surface area contributed by atoms with Gasteiger partial charge in [0.15, 0.2) is 0 Å². The summed E-state index contributed by atoms with van der Waals surface area (Å²) in [4.78, 5) is 0. The summed E-state index contributed by atoms with van der Waals surface area (Å²) in [5.74, 6) is 0.434. The second kappa shape index (κ2) is 5.31. The average Bonchev–Trinajstić information content (AvgIpc) is 2.38. The molecule has 0 aliphatic heterocycles. The number of benzene rings is 2. The zero-order valence-electron chi connectivity index (χ0n) is 10.1. The van der Waals surface area contributed by atoms with Crippen LogP contribution < -0.4 is 10.5 Å². The van der Waals surface area contributed by atoms with E-state index in [4.69, 9.17) is 10.5 Å². The maximum atomic E-state index is 12.9. The SMILES string of the molecule is CCOc1ccc2ccccc2c1[C@@H](N)C(F)F. The first-order valence-electron chi connectivity index (χ1n) is 5.83. The van der Waals surface area contributed by atoms with Crippen LogP contribution in [-0.2, 0) is 0 Å². The summed E-state index contributed by atoms with van der Waals surface area (Å²) >= 11 is 0. The molecule has 2 N–H and O–H groups in total. The Morgan fingerprint density at radius 3 is 2.56 bits per heavy atom. The number of nitrogens with two attached hydrogens (primary N) is 1. The van der Waals surface area contributed by atoms with Gasteiger partial charge in [-0.15, -0.1) is 0 Å². The number of halogens is 2. The number of rotatable bonds is 4. The van der Waals surface area contributed by atoms with Crippen LogP contribution in [0.3, 0.4) is 0 Å². The van der Waals surface area contributed by atoms with E-state index >= 15 is 0 Å². The summed E-state index contributed by atoms with van der Waals surface area (Å²) in [6.45, 7) is 2.23. The van der Waals surface area contributed by atoms with Crippen LogP contribution in [0, 0.1) is 0 Å². The predicted octanol–water partition coefficient (Wildman–Crippen LogP) is 3.50. The number of hydrogen-bond donors (Lipinski definition) is 1. The minimum absolute atomic E-state index is 0.380.